The maximum Gasteiger partial charge on any atom is 0.120 e. The highest BCUT2D eigenvalue weighted by molar-refractivity contribution is 5.37. The summed E-state index contributed by atoms with van der Waals surface area (Å²) in [6.07, 6.45) is 1.45. The Kier molecular flexibility index (Phi) is 5.41. The maximum absolute atomic E-state index is 9.73. The van der Waals surface area contributed by atoms with Crippen LogP contribution in [0, 0.1) is 0 Å². The quantitative estimate of drug-likeness (QED) is 0.697. The summed E-state index contributed by atoms with van der Waals surface area (Å²) in [6.45, 7) is 0.850. The van der Waals surface area contributed by atoms with Crippen LogP contribution in [0.5, 0.6) is 5.75 Å². The molecule has 1 aromatic carbocycles. The van der Waals surface area contributed by atoms with Crippen molar-refractivity contribution in [2.45, 2.75) is 25.4 Å². The Balaban J connectivity index is 2.80. The molecule has 4 N–H and O–H groups in total. The van der Waals surface area contributed by atoms with Crippen LogP contribution >= 0.6 is 0 Å². The molecule has 0 aliphatic rings. The number of hydrogen-bond donors (Lipinski definition) is 3. The lowest BCUT2D eigenvalue weighted by Gasteiger charge is -2.16. The van der Waals surface area contributed by atoms with E-state index >= 15 is 0 Å². The van der Waals surface area contributed by atoms with Crippen molar-refractivity contribution >= 4 is 0 Å². The fourth-order valence-corrected chi connectivity index (χ4v) is 1.78. The van der Waals surface area contributed by atoms with Crippen molar-refractivity contribution in [1.82, 2.24) is 4.90 Å². The molecule has 1 atom stereocenters. The summed E-state index contributed by atoms with van der Waals surface area (Å²) in [5, 5.41) is 18.5. The molecule has 0 fully saturated rings. The number of aliphatic hydroxyl groups is 1. The molecule has 0 saturated heterocycles. The Labute approximate surface area is 103 Å². The van der Waals surface area contributed by atoms with E-state index in [9.17, 15) is 5.11 Å². The minimum absolute atomic E-state index is 0.0799. The molecule has 0 heterocycles. The minimum Gasteiger partial charge on any atom is -0.508 e. The third kappa shape index (κ3) is 4.34. The molecule has 4 heteroatoms. The van der Waals surface area contributed by atoms with Crippen LogP contribution in [0.3, 0.4) is 0 Å². The molecule has 1 rings (SSSR count). The Morgan fingerprint density at radius 3 is 2.65 bits per heavy atom. The standard InChI is InChI=1S/C13H22N2O2/c1-15(2)9-11-8-10(5-6-13(11)17)12(14)4-3-7-16/h5-6,8,12,16-17H,3-4,7,9,14H2,1-2H3/t12-/m1/s1. The largest absolute Gasteiger partial charge is 0.508 e. The summed E-state index contributed by atoms with van der Waals surface area (Å²) in [4.78, 5) is 2.00. The third-order valence-electron chi connectivity index (χ3n) is 2.69. The Bertz CT molecular complexity index is 353. The number of phenols is 1. The second-order valence-electron chi connectivity index (χ2n) is 4.60. The first-order chi connectivity index (χ1) is 8.04. The normalized spacial score (nSPS) is 13.0. The van der Waals surface area contributed by atoms with E-state index in [-0.39, 0.29) is 12.6 Å². The second-order valence-corrected chi connectivity index (χ2v) is 4.60. The van der Waals surface area contributed by atoms with Crippen LogP contribution in [-0.2, 0) is 6.54 Å². The van der Waals surface area contributed by atoms with Crippen LogP contribution in [0.1, 0.15) is 30.0 Å². The first-order valence-corrected chi connectivity index (χ1v) is 5.87. The van der Waals surface area contributed by atoms with Gasteiger partial charge in [-0.25, -0.2) is 0 Å². The molecule has 0 radical (unpaired) electrons. The van der Waals surface area contributed by atoms with Crippen molar-refractivity contribution in [2.24, 2.45) is 5.73 Å². The fraction of sp³-hybridized carbons (Fsp3) is 0.538. The van der Waals surface area contributed by atoms with E-state index in [2.05, 4.69) is 0 Å². The van der Waals surface area contributed by atoms with Crippen LogP contribution in [0.2, 0.25) is 0 Å². The molecule has 96 valence electrons. The van der Waals surface area contributed by atoms with E-state index in [0.29, 0.717) is 18.7 Å². The first-order valence-electron chi connectivity index (χ1n) is 5.87. The molecule has 17 heavy (non-hydrogen) atoms. The van der Waals surface area contributed by atoms with E-state index in [4.69, 9.17) is 10.8 Å². The lowest BCUT2D eigenvalue weighted by atomic mass is 10.00. The van der Waals surface area contributed by atoms with Gasteiger partial charge in [-0.05, 0) is 44.6 Å². The van der Waals surface area contributed by atoms with Crippen molar-refractivity contribution < 1.29 is 10.2 Å². The molecule has 0 aliphatic heterocycles. The average Bonchev–Trinajstić information content (AvgIpc) is 2.28. The summed E-state index contributed by atoms with van der Waals surface area (Å²) >= 11 is 0. The van der Waals surface area contributed by atoms with Crippen LogP contribution < -0.4 is 5.73 Å². The molecule has 4 nitrogen and oxygen atoms in total. The van der Waals surface area contributed by atoms with Gasteiger partial charge >= 0.3 is 0 Å². The lowest BCUT2D eigenvalue weighted by molar-refractivity contribution is 0.280. The zero-order valence-electron chi connectivity index (χ0n) is 10.6. The zero-order chi connectivity index (χ0) is 12.8. The van der Waals surface area contributed by atoms with Crippen molar-refractivity contribution in [3.8, 4) is 5.75 Å². The Morgan fingerprint density at radius 1 is 1.35 bits per heavy atom. The van der Waals surface area contributed by atoms with E-state index < -0.39 is 0 Å². The number of hydrogen-bond acceptors (Lipinski definition) is 4. The van der Waals surface area contributed by atoms with E-state index in [0.717, 1.165) is 17.5 Å². The molecular weight excluding hydrogens is 216 g/mol. The summed E-state index contributed by atoms with van der Waals surface area (Å²) in [7, 11) is 3.91. The van der Waals surface area contributed by atoms with E-state index in [1.807, 2.05) is 31.1 Å². The number of rotatable bonds is 6. The zero-order valence-corrected chi connectivity index (χ0v) is 10.6. The average molecular weight is 238 g/mol. The topological polar surface area (TPSA) is 69.7 Å². The molecule has 0 amide bonds. The highest BCUT2D eigenvalue weighted by atomic mass is 16.3. The molecule has 0 saturated carbocycles. The fourth-order valence-electron chi connectivity index (χ4n) is 1.78. The van der Waals surface area contributed by atoms with Gasteiger partial charge in [0.05, 0.1) is 0 Å². The monoisotopic (exact) mass is 238 g/mol. The molecule has 1 aromatic rings. The van der Waals surface area contributed by atoms with Crippen molar-refractivity contribution in [3.05, 3.63) is 29.3 Å². The van der Waals surface area contributed by atoms with Crippen LogP contribution in [-0.4, -0.2) is 35.8 Å². The number of benzene rings is 1. The van der Waals surface area contributed by atoms with Gasteiger partial charge in [-0.1, -0.05) is 6.07 Å². The van der Waals surface area contributed by atoms with Gasteiger partial charge in [0.15, 0.2) is 0 Å². The summed E-state index contributed by atoms with van der Waals surface area (Å²) < 4.78 is 0. The molecule has 0 aromatic heterocycles. The van der Waals surface area contributed by atoms with Gasteiger partial charge < -0.3 is 20.8 Å². The van der Waals surface area contributed by atoms with Gasteiger partial charge in [-0.15, -0.1) is 0 Å². The van der Waals surface area contributed by atoms with Crippen molar-refractivity contribution in [2.75, 3.05) is 20.7 Å². The minimum atomic E-state index is -0.0799. The highest BCUT2D eigenvalue weighted by Crippen LogP contribution is 2.24. The maximum atomic E-state index is 9.73. The Hall–Kier alpha value is -1.10. The SMILES string of the molecule is CN(C)Cc1cc([C@H](N)CCCO)ccc1O. The molecular formula is C13H22N2O2. The smallest absolute Gasteiger partial charge is 0.120 e. The second kappa shape index (κ2) is 6.59. The number of aliphatic hydroxyl groups excluding tert-OH is 1. The van der Waals surface area contributed by atoms with Crippen LogP contribution in [0.4, 0.5) is 0 Å². The third-order valence-corrected chi connectivity index (χ3v) is 2.69. The summed E-state index contributed by atoms with van der Waals surface area (Å²) in [5.74, 6) is 0.303. The predicted molar refractivity (Wildman–Crippen MR) is 68.7 cm³/mol. The van der Waals surface area contributed by atoms with Gasteiger partial charge in [-0.3, -0.25) is 0 Å². The molecule has 0 spiro atoms. The highest BCUT2D eigenvalue weighted by Gasteiger charge is 2.09. The van der Waals surface area contributed by atoms with E-state index in [1.165, 1.54) is 0 Å². The number of nitrogens with zero attached hydrogens (tertiary/aromatic N) is 1. The molecule has 0 bridgehead atoms. The predicted octanol–water partition coefficient (Wildman–Crippen LogP) is 1.23. The van der Waals surface area contributed by atoms with Crippen molar-refractivity contribution in [3.63, 3.8) is 0 Å². The number of phenolic OH excluding ortho intramolecular Hbond substituents is 1. The molecule has 0 unspecified atom stereocenters. The number of aromatic hydroxyl groups is 1. The Morgan fingerprint density at radius 2 is 2.06 bits per heavy atom. The van der Waals surface area contributed by atoms with Crippen LogP contribution in [0.15, 0.2) is 18.2 Å². The number of nitrogens with two attached hydrogens (primary N) is 1. The van der Waals surface area contributed by atoms with E-state index in [1.54, 1.807) is 6.07 Å². The van der Waals surface area contributed by atoms with Crippen molar-refractivity contribution in [1.29, 1.82) is 0 Å². The van der Waals surface area contributed by atoms with Gasteiger partial charge in [0.2, 0.25) is 0 Å². The van der Waals surface area contributed by atoms with Gasteiger partial charge in [0, 0.05) is 24.8 Å². The van der Waals surface area contributed by atoms with Gasteiger partial charge in [0.25, 0.3) is 0 Å². The summed E-state index contributed by atoms with van der Waals surface area (Å²) in [6, 6.07) is 5.39. The van der Waals surface area contributed by atoms with Crippen LogP contribution in [0.25, 0.3) is 0 Å². The first kappa shape index (κ1) is 14.0. The van der Waals surface area contributed by atoms with Gasteiger partial charge in [-0.2, -0.15) is 0 Å². The lowest BCUT2D eigenvalue weighted by Crippen LogP contribution is -2.14. The summed E-state index contributed by atoms with van der Waals surface area (Å²) in [5.41, 5.74) is 7.91. The van der Waals surface area contributed by atoms with Gasteiger partial charge in [0.1, 0.15) is 5.75 Å². The molecule has 0 aliphatic carbocycles.